The van der Waals surface area contributed by atoms with E-state index in [1.807, 2.05) is 6.07 Å². The molecular weight excluding hydrogens is 342 g/mol. The van der Waals surface area contributed by atoms with Gasteiger partial charge in [0.05, 0.1) is 10.7 Å². The van der Waals surface area contributed by atoms with Gasteiger partial charge in [0.25, 0.3) is 11.4 Å². The van der Waals surface area contributed by atoms with Crippen LogP contribution < -0.4 is 10.3 Å². The van der Waals surface area contributed by atoms with Gasteiger partial charge in [-0.05, 0) is 49.2 Å². The number of halogens is 1. The van der Waals surface area contributed by atoms with Crippen molar-refractivity contribution in [2.45, 2.75) is 20.3 Å². The van der Waals surface area contributed by atoms with Crippen LogP contribution >= 0.6 is 11.6 Å². The van der Waals surface area contributed by atoms with Gasteiger partial charge < -0.3 is 9.84 Å². The molecule has 128 valence electrons. The Morgan fingerprint density at radius 1 is 1.20 bits per heavy atom. The van der Waals surface area contributed by atoms with Crippen molar-refractivity contribution >= 4 is 11.6 Å². The zero-order valence-corrected chi connectivity index (χ0v) is 14.5. The van der Waals surface area contributed by atoms with Gasteiger partial charge in [0.15, 0.2) is 5.75 Å². The number of ether oxygens (including phenoxy) is 1. The second kappa shape index (κ2) is 6.94. The van der Waals surface area contributed by atoms with Crippen LogP contribution in [-0.2, 0) is 6.42 Å². The molecule has 0 unspecified atom stereocenters. The number of aromatic amines is 1. The predicted octanol–water partition coefficient (Wildman–Crippen LogP) is 3.52. The lowest BCUT2D eigenvalue weighted by atomic mass is 10.1. The van der Waals surface area contributed by atoms with Gasteiger partial charge in [-0.1, -0.05) is 17.7 Å². The van der Waals surface area contributed by atoms with E-state index in [9.17, 15) is 9.90 Å². The molecule has 3 rings (SSSR count). The zero-order valence-electron chi connectivity index (χ0n) is 13.7. The molecule has 2 N–H and O–H groups in total. The van der Waals surface area contributed by atoms with Gasteiger partial charge in [-0.15, -0.1) is 0 Å². The monoisotopic (exact) mass is 357 g/mol. The molecule has 0 aliphatic carbocycles. The van der Waals surface area contributed by atoms with Crippen LogP contribution in [0.25, 0.3) is 0 Å². The van der Waals surface area contributed by atoms with Crippen LogP contribution in [0.5, 0.6) is 17.4 Å². The van der Waals surface area contributed by atoms with Gasteiger partial charge in [-0.25, -0.2) is 10.1 Å². The summed E-state index contributed by atoms with van der Waals surface area (Å²) in [6, 6.07) is 8.73. The Kier molecular flexibility index (Phi) is 4.72. The molecule has 0 fully saturated rings. The molecule has 0 saturated carbocycles. The lowest BCUT2D eigenvalue weighted by Gasteiger charge is -2.11. The van der Waals surface area contributed by atoms with Gasteiger partial charge in [0.2, 0.25) is 0 Å². The van der Waals surface area contributed by atoms with E-state index < -0.39 is 0 Å². The Morgan fingerprint density at radius 2 is 2.00 bits per heavy atom. The lowest BCUT2D eigenvalue weighted by molar-refractivity contribution is 0.395. The number of hydrogen-bond acceptors (Lipinski definition) is 5. The number of rotatable bonds is 4. The van der Waals surface area contributed by atoms with Gasteiger partial charge in [0, 0.05) is 18.2 Å². The van der Waals surface area contributed by atoms with E-state index in [1.54, 1.807) is 44.3 Å². The molecule has 0 bridgehead atoms. The van der Waals surface area contributed by atoms with Crippen molar-refractivity contribution in [1.29, 1.82) is 0 Å². The van der Waals surface area contributed by atoms with E-state index in [-0.39, 0.29) is 17.2 Å². The van der Waals surface area contributed by atoms with Crippen LogP contribution in [0.1, 0.15) is 22.4 Å². The molecule has 0 saturated heterocycles. The molecule has 0 aliphatic heterocycles. The highest BCUT2D eigenvalue weighted by atomic mass is 35.5. The summed E-state index contributed by atoms with van der Waals surface area (Å²) in [5.74, 6) is 0.452. The Hall–Kier alpha value is -2.86. The molecule has 2 aromatic heterocycles. The average Bonchev–Trinajstić information content (AvgIpc) is 2.58. The summed E-state index contributed by atoms with van der Waals surface area (Å²) in [7, 11) is 0. The molecular formula is C18H16ClN3O3. The summed E-state index contributed by atoms with van der Waals surface area (Å²) in [4.78, 5) is 15.4. The van der Waals surface area contributed by atoms with Crippen LogP contribution in [0.4, 0.5) is 0 Å². The molecule has 6 nitrogen and oxygen atoms in total. The van der Waals surface area contributed by atoms with Crippen molar-refractivity contribution in [1.82, 2.24) is 15.2 Å². The van der Waals surface area contributed by atoms with Crippen molar-refractivity contribution < 1.29 is 9.84 Å². The van der Waals surface area contributed by atoms with Gasteiger partial charge in [-0.3, -0.25) is 4.79 Å². The summed E-state index contributed by atoms with van der Waals surface area (Å²) in [5, 5.41) is 16.9. The molecule has 1 aromatic carbocycles. The molecule has 0 radical (unpaired) electrons. The van der Waals surface area contributed by atoms with Gasteiger partial charge in [-0.2, -0.15) is 5.10 Å². The third-order valence-corrected chi connectivity index (χ3v) is 4.03. The number of pyridine rings is 1. The number of aromatic nitrogens is 3. The third kappa shape index (κ3) is 3.80. The minimum atomic E-state index is -0.204. The van der Waals surface area contributed by atoms with Crippen molar-refractivity contribution in [3.63, 3.8) is 0 Å². The summed E-state index contributed by atoms with van der Waals surface area (Å²) >= 11 is 6.19. The highest BCUT2D eigenvalue weighted by Gasteiger charge is 2.12. The zero-order chi connectivity index (χ0) is 18.0. The van der Waals surface area contributed by atoms with Crippen molar-refractivity contribution in [2.24, 2.45) is 0 Å². The van der Waals surface area contributed by atoms with Crippen molar-refractivity contribution in [2.75, 3.05) is 0 Å². The second-order valence-electron chi connectivity index (χ2n) is 5.70. The van der Waals surface area contributed by atoms with E-state index in [2.05, 4.69) is 15.2 Å². The maximum absolute atomic E-state index is 11.4. The smallest absolute Gasteiger partial charge is 0.267 e. The van der Waals surface area contributed by atoms with Crippen LogP contribution in [0.15, 0.2) is 41.3 Å². The molecule has 7 heteroatoms. The number of hydrogen-bond donors (Lipinski definition) is 2. The first kappa shape index (κ1) is 17.0. The maximum atomic E-state index is 11.4. The van der Waals surface area contributed by atoms with E-state index in [1.165, 1.54) is 0 Å². The first-order valence-electron chi connectivity index (χ1n) is 7.60. The molecule has 0 amide bonds. The van der Waals surface area contributed by atoms with Crippen molar-refractivity contribution in [3.05, 3.63) is 74.3 Å². The predicted molar refractivity (Wildman–Crippen MR) is 94.6 cm³/mol. The number of H-pyrrole nitrogens is 1. The molecule has 25 heavy (non-hydrogen) atoms. The molecule has 0 atom stereocenters. The van der Waals surface area contributed by atoms with Crippen LogP contribution in [0, 0.1) is 13.8 Å². The molecule has 0 spiro atoms. The summed E-state index contributed by atoms with van der Waals surface area (Å²) < 4.78 is 5.67. The van der Waals surface area contributed by atoms with Gasteiger partial charge >= 0.3 is 0 Å². The Morgan fingerprint density at radius 3 is 2.76 bits per heavy atom. The first-order chi connectivity index (χ1) is 11.9. The minimum Gasteiger partial charge on any atom is -0.503 e. The first-order valence-corrected chi connectivity index (χ1v) is 7.98. The normalized spacial score (nSPS) is 10.7. The topological polar surface area (TPSA) is 88.1 Å². The van der Waals surface area contributed by atoms with E-state index >= 15 is 0 Å². The fourth-order valence-corrected chi connectivity index (χ4v) is 2.45. The van der Waals surface area contributed by atoms with E-state index in [0.717, 1.165) is 11.3 Å². The third-order valence-electron chi connectivity index (χ3n) is 3.72. The number of aromatic hydroxyl groups is 1. The summed E-state index contributed by atoms with van der Waals surface area (Å²) in [6.45, 7) is 3.48. The Labute approximate surface area is 149 Å². The van der Waals surface area contributed by atoms with E-state index in [4.69, 9.17) is 16.3 Å². The Bertz CT molecular complexity index is 986. The van der Waals surface area contributed by atoms with Crippen molar-refractivity contribution in [3.8, 4) is 17.4 Å². The number of benzene rings is 1. The molecule has 3 aromatic rings. The average molecular weight is 358 g/mol. The SMILES string of the molecule is Cc1ccnc(Oc2cc(Cc3cc(C)c(=O)[nH]n3)ccc2Cl)c1O. The highest BCUT2D eigenvalue weighted by molar-refractivity contribution is 6.32. The molecule has 2 heterocycles. The minimum absolute atomic E-state index is 0.0260. The fourth-order valence-electron chi connectivity index (χ4n) is 2.30. The molecule has 0 aliphatic rings. The quantitative estimate of drug-likeness (QED) is 0.745. The summed E-state index contributed by atoms with van der Waals surface area (Å²) in [6.07, 6.45) is 2.05. The largest absolute Gasteiger partial charge is 0.503 e. The lowest BCUT2D eigenvalue weighted by Crippen LogP contribution is -2.12. The highest BCUT2D eigenvalue weighted by Crippen LogP contribution is 2.35. The number of nitrogens with zero attached hydrogens (tertiary/aromatic N) is 2. The standard InChI is InChI=1S/C18H16ClN3O3/c1-10-5-6-20-18(16(10)23)25-15-9-12(3-4-14(15)19)8-13-7-11(2)17(24)22-21-13/h3-7,9,23H,8H2,1-2H3,(H,22,24). The van der Waals surface area contributed by atoms with Crippen LogP contribution in [0.3, 0.4) is 0 Å². The van der Waals surface area contributed by atoms with Crippen LogP contribution in [-0.4, -0.2) is 20.3 Å². The van der Waals surface area contributed by atoms with Crippen LogP contribution in [0.2, 0.25) is 5.02 Å². The number of aryl methyl sites for hydroxylation is 2. The summed E-state index contributed by atoms with van der Waals surface area (Å²) in [5.41, 5.74) is 2.67. The second-order valence-corrected chi connectivity index (χ2v) is 6.10. The maximum Gasteiger partial charge on any atom is 0.267 e. The van der Waals surface area contributed by atoms with Gasteiger partial charge in [0.1, 0.15) is 5.75 Å². The fraction of sp³-hybridized carbons (Fsp3) is 0.167. The number of nitrogens with one attached hydrogen (secondary N) is 1. The van der Waals surface area contributed by atoms with E-state index in [0.29, 0.717) is 28.3 Å². The Balaban J connectivity index is 1.88.